The summed E-state index contributed by atoms with van der Waals surface area (Å²) in [6.45, 7) is 2.03. The lowest BCUT2D eigenvalue weighted by Crippen LogP contribution is -2.10. The Bertz CT molecular complexity index is 307. The molecule has 0 bridgehead atoms. The quantitative estimate of drug-likeness (QED) is 0.874. The van der Waals surface area contributed by atoms with E-state index in [1.807, 2.05) is 6.92 Å². The van der Waals surface area contributed by atoms with Crippen LogP contribution >= 0.6 is 35.6 Å². The number of hydrogen-bond acceptors (Lipinski definition) is 2. The van der Waals surface area contributed by atoms with Crippen LogP contribution in [0.4, 0.5) is 0 Å². The molecule has 0 fully saturated rings. The van der Waals surface area contributed by atoms with Gasteiger partial charge in [-0.25, -0.2) is 0 Å². The van der Waals surface area contributed by atoms with Crippen molar-refractivity contribution in [2.75, 3.05) is 0 Å². The molecule has 0 heterocycles. The lowest BCUT2D eigenvalue weighted by molar-refractivity contribution is 0.458. The molecule has 0 aliphatic carbocycles. The van der Waals surface area contributed by atoms with Crippen molar-refractivity contribution in [3.63, 3.8) is 0 Å². The van der Waals surface area contributed by atoms with Crippen molar-refractivity contribution in [3.05, 3.63) is 27.7 Å². The van der Waals surface area contributed by atoms with Crippen LogP contribution in [0.5, 0.6) is 5.75 Å². The number of phenols is 1. The van der Waals surface area contributed by atoms with E-state index in [2.05, 4.69) is 0 Å². The summed E-state index contributed by atoms with van der Waals surface area (Å²) >= 11 is 11.7. The topological polar surface area (TPSA) is 46.2 Å². The molecule has 0 aliphatic rings. The molecular formula is C10H14Cl3NO. The number of phenolic OH excluding ortho intramolecular Hbond substituents is 1. The van der Waals surface area contributed by atoms with Crippen LogP contribution in [0, 0.1) is 0 Å². The molecule has 0 aromatic heterocycles. The predicted molar refractivity (Wildman–Crippen MR) is 67.2 cm³/mol. The lowest BCUT2D eigenvalue weighted by atomic mass is 10.0. The van der Waals surface area contributed by atoms with Crippen LogP contribution in [0.25, 0.3) is 0 Å². The second-order valence-corrected chi connectivity index (χ2v) is 4.06. The first-order valence-electron chi connectivity index (χ1n) is 4.49. The van der Waals surface area contributed by atoms with Gasteiger partial charge in [0.15, 0.2) is 0 Å². The Balaban J connectivity index is 0.00000196. The van der Waals surface area contributed by atoms with Gasteiger partial charge in [0.25, 0.3) is 0 Å². The second kappa shape index (κ2) is 6.44. The normalized spacial score (nSPS) is 12.0. The summed E-state index contributed by atoms with van der Waals surface area (Å²) in [4.78, 5) is 0. The third-order valence-electron chi connectivity index (χ3n) is 2.04. The van der Waals surface area contributed by atoms with E-state index in [4.69, 9.17) is 28.9 Å². The van der Waals surface area contributed by atoms with E-state index in [1.54, 1.807) is 6.07 Å². The number of halogens is 3. The summed E-state index contributed by atoms with van der Waals surface area (Å²) in [6, 6.07) is 2.82. The largest absolute Gasteiger partial charge is 0.508 e. The van der Waals surface area contributed by atoms with Gasteiger partial charge in [-0.3, -0.25) is 0 Å². The Hall–Kier alpha value is -0.150. The SMILES string of the molecule is CCC[C@H](N)c1c(O)cc(Cl)cc1Cl.Cl. The van der Waals surface area contributed by atoms with Gasteiger partial charge in [-0.15, -0.1) is 12.4 Å². The van der Waals surface area contributed by atoms with Gasteiger partial charge < -0.3 is 10.8 Å². The summed E-state index contributed by atoms with van der Waals surface area (Å²) < 4.78 is 0. The van der Waals surface area contributed by atoms with E-state index in [0.29, 0.717) is 15.6 Å². The fraction of sp³-hybridized carbons (Fsp3) is 0.400. The summed E-state index contributed by atoms with van der Waals surface area (Å²) in [5.74, 6) is 0.0726. The van der Waals surface area contributed by atoms with Gasteiger partial charge in [0.05, 0.1) is 5.02 Å². The van der Waals surface area contributed by atoms with Crippen molar-refractivity contribution < 1.29 is 5.11 Å². The minimum atomic E-state index is -0.232. The first-order chi connectivity index (χ1) is 6.56. The highest BCUT2D eigenvalue weighted by molar-refractivity contribution is 6.35. The van der Waals surface area contributed by atoms with Crippen LogP contribution in [-0.2, 0) is 0 Å². The zero-order valence-corrected chi connectivity index (χ0v) is 10.7. The molecular weight excluding hydrogens is 256 g/mol. The Morgan fingerprint density at radius 2 is 2.00 bits per heavy atom. The highest BCUT2D eigenvalue weighted by Gasteiger charge is 2.14. The van der Waals surface area contributed by atoms with Gasteiger partial charge in [0.1, 0.15) is 5.75 Å². The van der Waals surface area contributed by atoms with Crippen molar-refractivity contribution in [1.82, 2.24) is 0 Å². The van der Waals surface area contributed by atoms with Crippen molar-refractivity contribution in [3.8, 4) is 5.75 Å². The zero-order chi connectivity index (χ0) is 10.7. The summed E-state index contributed by atoms with van der Waals surface area (Å²) in [5, 5.41) is 10.5. The average molecular weight is 271 g/mol. The van der Waals surface area contributed by atoms with Crippen LogP contribution in [-0.4, -0.2) is 5.11 Å². The molecule has 86 valence electrons. The fourth-order valence-corrected chi connectivity index (χ4v) is 2.02. The minimum Gasteiger partial charge on any atom is -0.508 e. The highest BCUT2D eigenvalue weighted by Crippen LogP contribution is 2.35. The van der Waals surface area contributed by atoms with Gasteiger partial charge >= 0.3 is 0 Å². The molecule has 5 heteroatoms. The third-order valence-corrected chi connectivity index (χ3v) is 2.57. The average Bonchev–Trinajstić information content (AvgIpc) is 2.01. The molecule has 1 aromatic rings. The van der Waals surface area contributed by atoms with Gasteiger partial charge in [-0.1, -0.05) is 36.5 Å². The number of aromatic hydroxyl groups is 1. The van der Waals surface area contributed by atoms with E-state index in [1.165, 1.54) is 6.07 Å². The van der Waals surface area contributed by atoms with Crippen LogP contribution < -0.4 is 5.73 Å². The van der Waals surface area contributed by atoms with Crippen LogP contribution in [0.1, 0.15) is 31.4 Å². The first-order valence-corrected chi connectivity index (χ1v) is 5.25. The molecule has 0 unspecified atom stereocenters. The number of nitrogens with two attached hydrogens (primary N) is 1. The van der Waals surface area contributed by atoms with E-state index in [9.17, 15) is 5.11 Å². The number of rotatable bonds is 3. The number of benzene rings is 1. The highest BCUT2D eigenvalue weighted by atomic mass is 35.5. The summed E-state index contributed by atoms with van der Waals surface area (Å²) in [6.07, 6.45) is 1.73. The van der Waals surface area contributed by atoms with Crippen LogP contribution in [0.2, 0.25) is 10.0 Å². The molecule has 3 N–H and O–H groups in total. The lowest BCUT2D eigenvalue weighted by Gasteiger charge is -2.14. The van der Waals surface area contributed by atoms with Crippen molar-refractivity contribution in [1.29, 1.82) is 0 Å². The van der Waals surface area contributed by atoms with E-state index >= 15 is 0 Å². The Morgan fingerprint density at radius 3 is 2.47 bits per heavy atom. The smallest absolute Gasteiger partial charge is 0.123 e. The Labute approximate surface area is 106 Å². The molecule has 0 saturated carbocycles. The molecule has 0 spiro atoms. The fourth-order valence-electron chi connectivity index (χ4n) is 1.39. The minimum absolute atomic E-state index is 0. The monoisotopic (exact) mass is 269 g/mol. The summed E-state index contributed by atoms with van der Waals surface area (Å²) in [5.41, 5.74) is 6.45. The molecule has 1 atom stereocenters. The van der Waals surface area contributed by atoms with Crippen molar-refractivity contribution in [2.24, 2.45) is 5.73 Å². The maximum atomic E-state index is 9.62. The van der Waals surface area contributed by atoms with Crippen LogP contribution in [0.15, 0.2) is 12.1 Å². The molecule has 0 aliphatic heterocycles. The molecule has 0 radical (unpaired) electrons. The van der Waals surface area contributed by atoms with Gasteiger partial charge in [0.2, 0.25) is 0 Å². The Morgan fingerprint density at radius 1 is 1.40 bits per heavy atom. The van der Waals surface area contributed by atoms with Crippen LogP contribution in [0.3, 0.4) is 0 Å². The molecule has 1 aromatic carbocycles. The van der Waals surface area contributed by atoms with Crippen molar-refractivity contribution >= 4 is 35.6 Å². The first kappa shape index (κ1) is 14.8. The summed E-state index contributed by atoms with van der Waals surface area (Å²) in [7, 11) is 0. The van der Waals surface area contributed by atoms with E-state index in [0.717, 1.165) is 12.8 Å². The third kappa shape index (κ3) is 3.72. The maximum Gasteiger partial charge on any atom is 0.123 e. The standard InChI is InChI=1S/C10H13Cl2NO.ClH/c1-2-3-8(13)10-7(12)4-6(11)5-9(10)14;/h4-5,8,14H,2-3,13H2,1H3;1H/t8-;/m0./s1. The van der Waals surface area contributed by atoms with E-state index < -0.39 is 0 Å². The molecule has 2 nitrogen and oxygen atoms in total. The zero-order valence-electron chi connectivity index (χ0n) is 8.34. The Kier molecular flexibility index (Phi) is 6.37. The molecule has 15 heavy (non-hydrogen) atoms. The molecule has 0 amide bonds. The van der Waals surface area contributed by atoms with E-state index in [-0.39, 0.29) is 24.2 Å². The number of hydrogen-bond donors (Lipinski definition) is 2. The van der Waals surface area contributed by atoms with Gasteiger partial charge in [-0.05, 0) is 18.6 Å². The van der Waals surface area contributed by atoms with Crippen molar-refractivity contribution in [2.45, 2.75) is 25.8 Å². The van der Waals surface area contributed by atoms with Gasteiger partial charge in [-0.2, -0.15) is 0 Å². The van der Waals surface area contributed by atoms with Gasteiger partial charge in [0, 0.05) is 16.6 Å². The molecule has 1 rings (SSSR count). The predicted octanol–water partition coefficient (Wildman–Crippen LogP) is 3.92. The molecule has 0 saturated heterocycles. The maximum absolute atomic E-state index is 9.62. The second-order valence-electron chi connectivity index (χ2n) is 3.22.